The number of hydrogen-bond acceptors (Lipinski definition) is 6. The van der Waals surface area contributed by atoms with Crippen molar-refractivity contribution < 1.29 is 54.1 Å². The predicted molar refractivity (Wildman–Crippen MR) is 95.7 cm³/mol. The smallest absolute Gasteiger partial charge is 0.475 e. The maximum Gasteiger partial charge on any atom is 0.511 e. The normalized spacial score (nSPS) is 21.4. The highest BCUT2D eigenvalue weighted by molar-refractivity contribution is 7.90. The van der Waals surface area contributed by atoms with E-state index in [0.29, 0.717) is 30.4 Å². The molecule has 1 atom stereocenters. The van der Waals surface area contributed by atoms with Gasteiger partial charge in [-0.15, -0.1) is 0 Å². The predicted octanol–water partition coefficient (Wildman–Crippen LogP) is 2.62. The molecule has 2 fully saturated rings. The maximum atomic E-state index is 12.6. The van der Waals surface area contributed by atoms with Crippen LogP contribution >= 0.6 is 0 Å². The van der Waals surface area contributed by atoms with E-state index in [0.717, 1.165) is 11.4 Å². The van der Waals surface area contributed by atoms with Gasteiger partial charge in [-0.05, 0) is 25.5 Å². The number of rotatable bonds is 4. The number of ether oxygens (including phenoxy) is 2. The Hall–Kier alpha value is -1.97. The molecule has 0 saturated carbocycles. The Bertz CT molecular complexity index is 915. The van der Waals surface area contributed by atoms with Crippen LogP contribution in [0.3, 0.4) is 0 Å². The van der Waals surface area contributed by atoms with E-state index in [4.69, 9.17) is 19.4 Å². The van der Waals surface area contributed by atoms with E-state index >= 15 is 0 Å². The van der Waals surface area contributed by atoms with Gasteiger partial charge < -0.3 is 14.6 Å². The van der Waals surface area contributed by atoms with Crippen molar-refractivity contribution in [1.82, 2.24) is 9.29 Å². The first-order valence-electron chi connectivity index (χ1n) is 9.10. The lowest BCUT2D eigenvalue weighted by atomic mass is 9.86. The number of halogens is 6. The number of alkyl halides is 6. The molecule has 2 aliphatic rings. The van der Waals surface area contributed by atoms with Gasteiger partial charge in [0.05, 0.1) is 24.0 Å². The molecular formula is C17H20F6N2O6S. The lowest BCUT2D eigenvalue weighted by Gasteiger charge is -2.51. The summed E-state index contributed by atoms with van der Waals surface area (Å²) in [5, 5.41) is 7.12. The SMILES string of the molecule is Cc1cccc(COC2CCOC3(C2)CN(S(=O)(=O)C(F)(F)F)C3)n1.O=C(O)C(F)(F)F. The van der Waals surface area contributed by atoms with E-state index in [-0.39, 0.29) is 19.2 Å². The van der Waals surface area contributed by atoms with Crippen LogP contribution in [0.15, 0.2) is 18.2 Å². The molecule has 1 N–H and O–H groups in total. The van der Waals surface area contributed by atoms with Gasteiger partial charge in [-0.3, -0.25) is 4.98 Å². The number of sulfonamides is 1. The van der Waals surface area contributed by atoms with Crippen molar-refractivity contribution in [3.8, 4) is 0 Å². The van der Waals surface area contributed by atoms with E-state index in [2.05, 4.69) is 4.98 Å². The number of aliphatic carboxylic acids is 1. The highest BCUT2D eigenvalue weighted by Crippen LogP contribution is 2.40. The zero-order valence-corrected chi connectivity index (χ0v) is 17.4. The van der Waals surface area contributed by atoms with Crippen LogP contribution in [0.5, 0.6) is 0 Å². The standard InChI is InChI=1S/C15H19F3N2O4S.C2HF3O2/c1-11-3-2-4-12(19-11)8-23-13-5-6-24-14(7-13)9-20(10-14)25(21,22)15(16,17)18;3-2(4,5)1(6)7/h2-4,13H,5-10H2,1H3;(H,6,7). The lowest BCUT2D eigenvalue weighted by molar-refractivity contribution is -0.192. The average molecular weight is 494 g/mol. The third-order valence-corrected chi connectivity index (χ3v) is 6.19. The Morgan fingerprint density at radius 3 is 2.38 bits per heavy atom. The maximum absolute atomic E-state index is 12.6. The minimum atomic E-state index is -5.29. The molecule has 1 aromatic heterocycles. The van der Waals surface area contributed by atoms with Gasteiger partial charge in [0.25, 0.3) is 0 Å². The second-order valence-corrected chi connectivity index (χ2v) is 9.18. The summed E-state index contributed by atoms with van der Waals surface area (Å²) < 4.78 is 104. The Morgan fingerprint density at radius 2 is 1.88 bits per heavy atom. The number of hydrogen-bond donors (Lipinski definition) is 1. The monoisotopic (exact) mass is 494 g/mol. The second kappa shape index (κ2) is 9.49. The van der Waals surface area contributed by atoms with E-state index in [1.807, 2.05) is 25.1 Å². The van der Waals surface area contributed by atoms with E-state index in [9.17, 15) is 34.8 Å². The summed E-state index contributed by atoms with van der Waals surface area (Å²) in [6, 6.07) is 5.58. The molecule has 0 bridgehead atoms. The molecule has 1 aromatic rings. The molecule has 2 saturated heterocycles. The molecule has 0 aromatic carbocycles. The van der Waals surface area contributed by atoms with Crippen LogP contribution in [-0.2, 0) is 30.9 Å². The summed E-state index contributed by atoms with van der Waals surface area (Å²) in [6.45, 7) is 1.91. The number of carbonyl (C=O) groups is 1. The molecule has 0 aliphatic carbocycles. The van der Waals surface area contributed by atoms with Crippen LogP contribution in [0.2, 0.25) is 0 Å². The Morgan fingerprint density at radius 1 is 1.28 bits per heavy atom. The Balaban J connectivity index is 0.000000451. The van der Waals surface area contributed by atoms with Gasteiger partial charge in [0.15, 0.2) is 0 Å². The van der Waals surface area contributed by atoms with E-state index in [1.54, 1.807) is 0 Å². The third-order valence-electron chi connectivity index (χ3n) is 4.66. The zero-order valence-electron chi connectivity index (χ0n) is 16.6. The van der Waals surface area contributed by atoms with Gasteiger partial charge >= 0.3 is 27.7 Å². The first kappa shape index (κ1) is 26.3. The molecule has 15 heteroatoms. The number of carboxylic acid groups (broad SMARTS) is 1. The zero-order chi connectivity index (χ0) is 24.4. The van der Waals surface area contributed by atoms with Gasteiger partial charge in [0.1, 0.15) is 0 Å². The molecule has 2 aliphatic heterocycles. The first-order valence-corrected chi connectivity index (χ1v) is 10.5. The van der Waals surface area contributed by atoms with E-state index in [1.165, 1.54) is 0 Å². The fourth-order valence-corrected chi connectivity index (χ4v) is 4.24. The largest absolute Gasteiger partial charge is 0.511 e. The third kappa shape index (κ3) is 6.52. The van der Waals surface area contributed by atoms with Crippen LogP contribution in [0, 0.1) is 6.92 Å². The van der Waals surface area contributed by atoms with Crippen LogP contribution < -0.4 is 0 Å². The number of aromatic nitrogens is 1. The Labute approximate surface area is 179 Å². The number of carboxylic acids is 1. The van der Waals surface area contributed by atoms with Crippen molar-refractivity contribution in [3.63, 3.8) is 0 Å². The molecule has 182 valence electrons. The van der Waals surface area contributed by atoms with Gasteiger partial charge in [0, 0.05) is 31.8 Å². The summed E-state index contributed by atoms with van der Waals surface area (Å²) in [5.41, 5.74) is -4.52. The first-order chi connectivity index (χ1) is 14.6. The molecule has 3 heterocycles. The van der Waals surface area contributed by atoms with Crippen molar-refractivity contribution in [2.45, 2.75) is 49.8 Å². The molecule has 32 heavy (non-hydrogen) atoms. The molecule has 0 radical (unpaired) electrons. The van der Waals surface area contributed by atoms with Crippen molar-refractivity contribution in [1.29, 1.82) is 0 Å². The fourth-order valence-electron chi connectivity index (χ4n) is 3.14. The van der Waals surface area contributed by atoms with Crippen LogP contribution in [0.25, 0.3) is 0 Å². The quantitative estimate of drug-likeness (QED) is 0.642. The lowest BCUT2D eigenvalue weighted by Crippen LogP contribution is -2.68. The van der Waals surface area contributed by atoms with Crippen molar-refractivity contribution in [2.75, 3.05) is 19.7 Å². The minimum Gasteiger partial charge on any atom is -0.475 e. The molecule has 1 unspecified atom stereocenters. The second-order valence-electron chi connectivity index (χ2n) is 7.25. The summed E-state index contributed by atoms with van der Waals surface area (Å²) >= 11 is 0. The number of pyridine rings is 1. The van der Waals surface area contributed by atoms with Crippen molar-refractivity contribution in [3.05, 3.63) is 29.6 Å². The topological polar surface area (TPSA) is 106 Å². The molecule has 1 spiro atoms. The highest BCUT2D eigenvalue weighted by Gasteiger charge is 2.59. The summed E-state index contributed by atoms with van der Waals surface area (Å²) in [4.78, 5) is 13.2. The molecular weight excluding hydrogens is 474 g/mol. The average Bonchev–Trinajstić information content (AvgIpc) is 2.63. The highest BCUT2D eigenvalue weighted by atomic mass is 32.2. The molecule has 8 nitrogen and oxygen atoms in total. The molecule has 3 rings (SSSR count). The fraction of sp³-hybridized carbons (Fsp3) is 0.647. The van der Waals surface area contributed by atoms with Crippen LogP contribution in [-0.4, -0.2) is 71.9 Å². The minimum absolute atomic E-state index is 0.202. The molecule has 0 amide bonds. The van der Waals surface area contributed by atoms with Crippen LogP contribution in [0.1, 0.15) is 24.2 Å². The van der Waals surface area contributed by atoms with Gasteiger partial charge in [0.2, 0.25) is 0 Å². The van der Waals surface area contributed by atoms with E-state index < -0.39 is 33.3 Å². The summed E-state index contributed by atoms with van der Waals surface area (Å²) in [5.74, 6) is -2.76. The number of nitrogens with zero attached hydrogens (tertiary/aromatic N) is 2. The summed E-state index contributed by atoms with van der Waals surface area (Å²) in [6.07, 6.45) is -4.31. The van der Waals surface area contributed by atoms with Gasteiger partial charge in [-0.2, -0.15) is 30.6 Å². The number of aryl methyl sites for hydroxylation is 1. The van der Waals surface area contributed by atoms with Gasteiger partial charge in [-0.25, -0.2) is 13.2 Å². The van der Waals surface area contributed by atoms with Gasteiger partial charge in [-0.1, -0.05) is 6.07 Å². The van der Waals surface area contributed by atoms with Crippen molar-refractivity contribution >= 4 is 16.0 Å². The Kier molecular flexibility index (Phi) is 7.79. The van der Waals surface area contributed by atoms with Crippen molar-refractivity contribution in [2.24, 2.45) is 0 Å². The summed E-state index contributed by atoms with van der Waals surface area (Å²) in [7, 11) is -5.29. The van der Waals surface area contributed by atoms with Crippen LogP contribution in [0.4, 0.5) is 26.3 Å².